The van der Waals surface area contributed by atoms with Gasteiger partial charge in [0.15, 0.2) is 11.5 Å². The van der Waals surface area contributed by atoms with Crippen molar-refractivity contribution in [3.63, 3.8) is 0 Å². The van der Waals surface area contributed by atoms with Crippen LogP contribution in [0.2, 0.25) is 0 Å². The first-order valence-electron chi connectivity index (χ1n) is 5.13. The lowest BCUT2D eigenvalue weighted by molar-refractivity contribution is 0.170. The Morgan fingerprint density at radius 3 is 2.50 bits per heavy atom. The molecule has 0 radical (unpaired) electrons. The molecule has 1 aliphatic rings. The summed E-state index contributed by atoms with van der Waals surface area (Å²) >= 11 is 14.2. The summed E-state index contributed by atoms with van der Waals surface area (Å²) in [5, 5.41) is 0.864. The zero-order chi connectivity index (χ0) is 13.3. The monoisotopic (exact) mass is 506 g/mol. The zero-order valence-electron chi connectivity index (χ0n) is 9.44. The average Bonchev–Trinajstić information content (AvgIpc) is 2.84. The van der Waals surface area contributed by atoms with Gasteiger partial charge in [-0.15, -0.1) is 0 Å². The molecule has 1 aromatic carbocycles. The highest BCUT2D eigenvalue weighted by atomic mass is 79.9. The van der Waals surface area contributed by atoms with Crippen molar-refractivity contribution in [1.82, 2.24) is 0 Å². The number of alkyl halides is 2. The lowest BCUT2D eigenvalue weighted by Crippen LogP contribution is -2.06. The maximum Gasteiger partial charge on any atom is 0.231 e. The molecule has 100 valence electrons. The molecule has 0 unspecified atom stereocenters. The van der Waals surface area contributed by atoms with E-state index >= 15 is 0 Å². The van der Waals surface area contributed by atoms with Gasteiger partial charge in [0, 0.05) is 10.2 Å². The standard InChI is InChI=1S/C11H10Br4O3/c1-16-9-7(14)6(2-5(13)3-12)8(15)10-11(9)18-4-17-10/h5H,2-4H2,1H3/t5-/m0/s1. The molecule has 3 nitrogen and oxygen atoms in total. The summed E-state index contributed by atoms with van der Waals surface area (Å²) in [6.07, 6.45) is 0.833. The third kappa shape index (κ3) is 2.69. The molecule has 18 heavy (non-hydrogen) atoms. The van der Waals surface area contributed by atoms with Gasteiger partial charge in [0.05, 0.1) is 16.1 Å². The SMILES string of the molecule is COc1c(Br)c(C[C@H](Br)CBr)c(Br)c2c1OCO2. The van der Waals surface area contributed by atoms with Gasteiger partial charge >= 0.3 is 0 Å². The summed E-state index contributed by atoms with van der Waals surface area (Å²) in [4.78, 5) is 0.329. The quantitative estimate of drug-likeness (QED) is 0.553. The van der Waals surface area contributed by atoms with Crippen LogP contribution in [0, 0.1) is 0 Å². The molecule has 0 saturated heterocycles. The van der Waals surface area contributed by atoms with Crippen molar-refractivity contribution in [3.05, 3.63) is 14.5 Å². The van der Waals surface area contributed by atoms with Crippen LogP contribution in [-0.2, 0) is 6.42 Å². The van der Waals surface area contributed by atoms with Gasteiger partial charge in [0.25, 0.3) is 0 Å². The second-order valence-electron chi connectivity index (χ2n) is 3.66. The molecule has 0 aliphatic carbocycles. The summed E-state index contributed by atoms with van der Waals surface area (Å²) in [6, 6.07) is 0. The Morgan fingerprint density at radius 2 is 1.89 bits per heavy atom. The Balaban J connectivity index is 2.52. The molecule has 0 bridgehead atoms. The summed E-state index contributed by atoms with van der Waals surface area (Å²) in [6.45, 7) is 0.219. The second kappa shape index (κ2) is 6.33. The van der Waals surface area contributed by atoms with E-state index in [1.807, 2.05) is 0 Å². The fourth-order valence-corrected chi connectivity index (χ4v) is 3.89. The number of methoxy groups -OCH3 is 1. The van der Waals surface area contributed by atoms with E-state index in [0.717, 1.165) is 26.3 Å². The normalized spacial score (nSPS) is 14.7. The maximum atomic E-state index is 5.49. The minimum atomic E-state index is 0.219. The zero-order valence-corrected chi connectivity index (χ0v) is 15.8. The van der Waals surface area contributed by atoms with Crippen molar-refractivity contribution >= 4 is 63.7 Å². The van der Waals surface area contributed by atoms with Crippen LogP contribution in [0.15, 0.2) is 8.95 Å². The largest absolute Gasteiger partial charge is 0.492 e. The van der Waals surface area contributed by atoms with Crippen molar-refractivity contribution in [2.24, 2.45) is 0 Å². The number of halogens is 4. The third-order valence-corrected chi connectivity index (χ3v) is 6.52. The van der Waals surface area contributed by atoms with Gasteiger partial charge in [0.2, 0.25) is 12.5 Å². The van der Waals surface area contributed by atoms with Gasteiger partial charge in [-0.1, -0.05) is 31.9 Å². The van der Waals surface area contributed by atoms with Crippen LogP contribution >= 0.6 is 63.7 Å². The summed E-state index contributed by atoms with van der Waals surface area (Å²) in [5.74, 6) is 2.03. The molecule has 0 fully saturated rings. The van der Waals surface area contributed by atoms with Crippen LogP contribution in [-0.4, -0.2) is 24.1 Å². The van der Waals surface area contributed by atoms with Gasteiger partial charge in [0.1, 0.15) is 0 Å². The molecule has 1 atom stereocenters. The van der Waals surface area contributed by atoms with E-state index in [-0.39, 0.29) is 6.79 Å². The van der Waals surface area contributed by atoms with E-state index in [4.69, 9.17) is 14.2 Å². The Hall–Kier alpha value is 0.540. The van der Waals surface area contributed by atoms with Crippen molar-refractivity contribution in [1.29, 1.82) is 0 Å². The Bertz CT molecular complexity index is 464. The summed E-state index contributed by atoms with van der Waals surface area (Å²) in [7, 11) is 1.62. The fourth-order valence-electron chi connectivity index (χ4n) is 1.72. The van der Waals surface area contributed by atoms with Crippen LogP contribution in [0.3, 0.4) is 0 Å². The molecule has 1 aliphatic heterocycles. The lowest BCUT2D eigenvalue weighted by atomic mass is 10.1. The van der Waals surface area contributed by atoms with E-state index in [9.17, 15) is 0 Å². The van der Waals surface area contributed by atoms with Crippen molar-refractivity contribution in [2.75, 3.05) is 19.2 Å². The van der Waals surface area contributed by atoms with Crippen molar-refractivity contribution in [2.45, 2.75) is 11.2 Å². The molecule has 0 N–H and O–H groups in total. The van der Waals surface area contributed by atoms with E-state index in [2.05, 4.69) is 63.7 Å². The van der Waals surface area contributed by atoms with Gasteiger partial charge in [-0.2, -0.15) is 0 Å². The smallest absolute Gasteiger partial charge is 0.231 e. The molecule has 7 heteroatoms. The Labute approximate surface area is 139 Å². The number of hydrogen-bond acceptors (Lipinski definition) is 3. The van der Waals surface area contributed by atoms with Crippen LogP contribution in [0.25, 0.3) is 0 Å². The highest BCUT2D eigenvalue weighted by molar-refractivity contribution is 9.12. The highest BCUT2D eigenvalue weighted by Gasteiger charge is 2.29. The van der Waals surface area contributed by atoms with Crippen molar-refractivity contribution in [3.8, 4) is 17.2 Å². The number of benzene rings is 1. The molecule has 0 aromatic heterocycles. The first-order valence-corrected chi connectivity index (χ1v) is 8.75. The van der Waals surface area contributed by atoms with Gasteiger partial charge < -0.3 is 14.2 Å². The third-order valence-electron chi connectivity index (χ3n) is 2.54. The molecule has 1 aromatic rings. The van der Waals surface area contributed by atoms with E-state index in [1.165, 1.54) is 0 Å². The predicted molar refractivity (Wildman–Crippen MR) is 84.7 cm³/mol. The van der Waals surface area contributed by atoms with E-state index < -0.39 is 0 Å². The molecule has 0 amide bonds. The van der Waals surface area contributed by atoms with Crippen LogP contribution in [0.5, 0.6) is 17.2 Å². The van der Waals surface area contributed by atoms with Crippen LogP contribution < -0.4 is 14.2 Å². The molecular weight excluding hydrogens is 500 g/mol. The van der Waals surface area contributed by atoms with E-state index in [0.29, 0.717) is 22.1 Å². The number of rotatable bonds is 4. The first-order chi connectivity index (χ1) is 8.60. The first kappa shape index (κ1) is 14.9. The number of hydrogen-bond donors (Lipinski definition) is 0. The van der Waals surface area contributed by atoms with Crippen molar-refractivity contribution < 1.29 is 14.2 Å². The van der Waals surface area contributed by atoms with Gasteiger partial charge in [-0.3, -0.25) is 0 Å². The highest BCUT2D eigenvalue weighted by Crippen LogP contribution is 2.52. The molecule has 1 heterocycles. The second-order valence-corrected chi connectivity index (χ2v) is 7.19. The summed E-state index contributed by atoms with van der Waals surface area (Å²) in [5.41, 5.74) is 1.09. The van der Waals surface area contributed by atoms with Crippen LogP contribution in [0.4, 0.5) is 0 Å². The van der Waals surface area contributed by atoms with Gasteiger partial charge in [-0.05, 0) is 43.8 Å². The number of ether oxygens (including phenoxy) is 3. The molecule has 0 saturated carbocycles. The Kier molecular flexibility index (Phi) is 5.25. The Morgan fingerprint density at radius 1 is 1.22 bits per heavy atom. The number of fused-ring (bicyclic) bond motifs is 1. The van der Waals surface area contributed by atoms with Gasteiger partial charge in [-0.25, -0.2) is 0 Å². The topological polar surface area (TPSA) is 27.7 Å². The summed E-state index contributed by atoms with van der Waals surface area (Å²) < 4.78 is 18.1. The molecule has 0 spiro atoms. The molecular formula is C11H10Br4O3. The minimum Gasteiger partial charge on any atom is -0.492 e. The maximum absolute atomic E-state index is 5.49. The predicted octanol–water partition coefficient (Wildman–Crippen LogP) is 4.65. The fraction of sp³-hybridized carbons (Fsp3) is 0.455. The lowest BCUT2D eigenvalue weighted by Gasteiger charge is -2.16. The van der Waals surface area contributed by atoms with E-state index in [1.54, 1.807) is 7.11 Å². The molecule has 2 rings (SSSR count). The van der Waals surface area contributed by atoms with Crippen LogP contribution in [0.1, 0.15) is 5.56 Å². The average molecular weight is 510 g/mol. The minimum absolute atomic E-state index is 0.219.